The number of anilines is 1. The number of rotatable bonds is 5. The second kappa shape index (κ2) is 7.62. The fraction of sp³-hybridized carbons (Fsp3) is 0.733. The van der Waals surface area contributed by atoms with Crippen molar-refractivity contribution in [2.45, 2.75) is 46.0 Å². The maximum Gasteiger partial charge on any atom is 0.273 e. The van der Waals surface area contributed by atoms with Gasteiger partial charge >= 0.3 is 0 Å². The fourth-order valence-corrected chi connectivity index (χ4v) is 3.07. The van der Waals surface area contributed by atoms with E-state index in [0.29, 0.717) is 11.6 Å². The van der Waals surface area contributed by atoms with Crippen molar-refractivity contribution in [2.75, 3.05) is 25.0 Å². The standard InChI is InChI=1S/C15H25N3OS/c1-12(2)7-8-16-15-17-13(11-20-15)14(19)18-9-5-3-4-6-10-18/h11-12H,3-10H2,1-2H3,(H,16,17). The number of hydrogen-bond donors (Lipinski definition) is 1. The predicted octanol–water partition coefficient (Wildman–Crippen LogP) is 3.62. The van der Waals surface area contributed by atoms with Crippen molar-refractivity contribution in [3.05, 3.63) is 11.1 Å². The maximum atomic E-state index is 12.4. The highest BCUT2D eigenvalue weighted by molar-refractivity contribution is 7.13. The third-order valence-corrected chi connectivity index (χ3v) is 4.41. The summed E-state index contributed by atoms with van der Waals surface area (Å²) in [6, 6.07) is 0. The smallest absolute Gasteiger partial charge is 0.273 e. The summed E-state index contributed by atoms with van der Waals surface area (Å²) in [5, 5.41) is 6.05. The number of likely N-dealkylation sites (tertiary alicyclic amines) is 1. The molecule has 0 aromatic carbocycles. The minimum Gasteiger partial charge on any atom is -0.361 e. The van der Waals surface area contributed by atoms with E-state index >= 15 is 0 Å². The van der Waals surface area contributed by atoms with Gasteiger partial charge in [0.1, 0.15) is 5.69 Å². The Balaban J connectivity index is 1.88. The Kier molecular flexibility index (Phi) is 5.83. The van der Waals surface area contributed by atoms with Gasteiger partial charge in [-0.15, -0.1) is 11.3 Å². The zero-order valence-corrected chi connectivity index (χ0v) is 13.3. The first-order valence-corrected chi connectivity index (χ1v) is 8.53. The average molecular weight is 295 g/mol. The Labute approximate surface area is 125 Å². The van der Waals surface area contributed by atoms with Gasteiger partial charge in [-0.1, -0.05) is 26.7 Å². The van der Waals surface area contributed by atoms with E-state index in [1.165, 1.54) is 24.2 Å². The zero-order chi connectivity index (χ0) is 14.4. The Bertz CT molecular complexity index is 423. The predicted molar refractivity (Wildman–Crippen MR) is 84.4 cm³/mol. The van der Waals surface area contributed by atoms with E-state index in [2.05, 4.69) is 24.1 Å². The Hall–Kier alpha value is -1.10. The van der Waals surface area contributed by atoms with Crippen LogP contribution in [0.3, 0.4) is 0 Å². The van der Waals surface area contributed by atoms with Gasteiger partial charge in [-0.25, -0.2) is 4.98 Å². The van der Waals surface area contributed by atoms with Crippen molar-refractivity contribution in [1.29, 1.82) is 0 Å². The van der Waals surface area contributed by atoms with E-state index in [4.69, 9.17) is 0 Å². The lowest BCUT2D eigenvalue weighted by atomic mass is 10.1. The highest BCUT2D eigenvalue weighted by Crippen LogP contribution is 2.19. The molecule has 1 aliphatic rings. The molecular formula is C15H25N3OS. The van der Waals surface area contributed by atoms with Crippen LogP contribution in [0.5, 0.6) is 0 Å². The Morgan fingerprint density at radius 1 is 1.35 bits per heavy atom. The van der Waals surface area contributed by atoms with Crippen LogP contribution in [0.2, 0.25) is 0 Å². The molecule has 1 saturated heterocycles. The number of hydrogen-bond acceptors (Lipinski definition) is 4. The summed E-state index contributed by atoms with van der Waals surface area (Å²) < 4.78 is 0. The number of nitrogens with zero attached hydrogens (tertiary/aromatic N) is 2. The highest BCUT2D eigenvalue weighted by atomic mass is 32.1. The normalized spacial score (nSPS) is 16.2. The molecule has 1 fully saturated rings. The van der Waals surface area contributed by atoms with E-state index in [1.807, 2.05) is 10.3 Å². The minimum atomic E-state index is 0.0973. The van der Waals surface area contributed by atoms with Crippen LogP contribution < -0.4 is 5.32 Å². The van der Waals surface area contributed by atoms with Crippen LogP contribution in [0.4, 0.5) is 5.13 Å². The molecule has 1 N–H and O–H groups in total. The van der Waals surface area contributed by atoms with Crippen molar-refractivity contribution in [3.63, 3.8) is 0 Å². The number of thiazole rings is 1. The van der Waals surface area contributed by atoms with E-state index < -0.39 is 0 Å². The maximum absolute atomic E-state index is 12.4. The van der Waals surface area contributed by atoms with Crippen LogP contribution in [0, 0.1) is 5.92 Å². The molecule has 4 nitrogen and oxygen atoms in total. The average Bonchev–Trinajstić information content (AvgIpc) is 2.72. The van der Waals surface area contributed by atoms with Crippen LogP contribution in [0.25, 0.3) is 0 Å². The van der Waals surface area contributed by atoms with Crippen LogP contribution in [-0.4, -0.2) is 35.4 Å². The first-order chi connectivity index (χ1) is 9.66. The molecule has 0 saturated carbocycles. The summed E-state index contributed by atoms with van der Waals surface area (Å²) in [7, 11) is 0. The lowest BCUT2D eigenvalue weighted by Gasteiger charge is -2.18. The summed E-state index contributed by atoms with van der Waals surface area (Å²) >= 11 is 1.53. The molecule has 1 aliphatic heterocycles. The number of carbonyl (C=O) groups excluding carboxylic acids is 1. The summed E-state index contributed by atoms with van der Waals surface area (Å²) in [5.41, 5.74) is 0.601. The summed E-state index contributed by atoms with van der Waals surface area (Å²) in [5.74, 6) is 0.778. The van der Waals surface area contributed by atoms with E-state index in [9.17, 15) is 4.79 Å². The van der Waals surface area contributed by atoms with Crippen molar-refractivity contribution < 1.29 is 4.79 Å². The van der Waals surface area contributed by atoms with Gasteiger partial charge in [-0.2, -0.15) is 0 Å². The molecule has 1 aromatic rings. The van der Waals surface area contributed by atoms with Crippen LogP contribution in [-0.2, 0) is 0 Å². The molecule has 1 aromatic heterocycles. The molecule has 0 unspecified atom stereocenters. The zero-order valence-electron chi connectivity index (χ0n) is 12.5. The van der Waals surface area contributed by atoms with Gasteiger partial charge in [-0.3, -0.25) is 4.79 Å². The number of carbonyl (C=O) groups is 1. The van der Waals surface area contributed by atoms with Crippen LogP contribution in [0.1, 0.15) is 56.4 Å². The van der Waals surface area contributed by atoms with Crippen molar-refractivity contribution in [1.82, 2.24) is 9.88 Å². The van der Waals surface area contributed by atoms with Crippen molar-refractivity contribution in [2.24, 2.45) is 5.92 Å². The Morgan fingerprint density at radius 3 is 2.70 bits per heavy atom. The van der Waals surface area contributed by atoms with Crippen LogP contribution >= 0.6 is 11.3 Å². The second-order valence-electron chi connectivity index (χ2n) is 5.85. The molecule has 0 bridgehead atoms. The summed E-state index contributed by atoms with van der Waals surface area (Å²) in [6.45, 7) is 7.09. The van der Waals surface area contributed by atoms with Crippen LogP contribution in [0.15, 0.2) is 5.38 Å². The van der Waals surface area contributed by atoms with Gasteiger partial charge < -0.3 is 10.2 Å². The van der Waals surface area contributed by atoms with Crippen molar-refractivity contribution >= 4 is 22.4 Å². The lowest BCUT2D eigenvalue weighted by molar-refractivity contribution is 0.0756. The van der Waals surface area contributed by atoms with Gasteiger partial charge in [0.15, 0.2) is 5.13 Å². The van der Waals surface area contributed by atoms with Gasteiger partial charge in [0.25, 0.3) is 5.91 Å². The quantitative estimate of drug-likeness (QED) is 0.902. The van der Waals surface area contributed by atoms with Gasteiger partial charge in [0.2, 0.25) is 0 Å². The highest BCUT2D eigenvalue weighted by Gasteiger charge is 2.19. The first-order valence-electron chi connectivity index (χ1n) is 7.65. The van der Waals surface area contributed by atoms with Crippen molar-refractivity contribution in [3.8, 4) is 0 Å². The topological polar surface area (TPSA) is 45.2 Å². The number of nitrogens with one attached hydrogen (secondary N) is 1. The molecule has 0 radical (unpaired) electrons. The SMILES string of the molecule is CC(C)CCNc1nc(C(=O)N2CCCCCC2)cs1. The number of amides is 1. The van der Waals surface area contributed by atoms with E-state index in [1.54, 1.807) is 0 Å². The summed E-state index contributed by atoms with van der Waals surface area (Å²) in [4.78, 5) is 18.8. The molecule has 0 aliphatic carbocycles. The van der Waals surface area contributed by atoms with Gasteiger partial charge in [0.05, 0.1) is 0 Å². The third kappa shape index (κ3) is 4.47. The van der Waals surface area contributed by atoms with E-state index in [-0.39, 0.29) is 5.91 Å². The molecule has 1 amide bonds. The molecule has 5 heteroatoms. The molecular weight excluding hydrogens is 270 g/mol. The molecule has 0 spiro atoms. The fourth-order valence-electron chi connectivity index (χ4n) is 2.36. The number of aromatic nitrogens is 1. The second-order valence-corrected chi connectivity index (χ2v) is 6.71. The molecule has 112 valence electrons. The largest absolute Gasteiger partial charge is 0.361 e. The lowest BCUT2D eigenvalue weighted by Crippen LogP contribution is -2.32. The Morgan fingerprint density at radius 2 is 2.05 bits per heavy atom. The monoisotopic (exact) mass is 295 g/mol. The molecule has 2 heterocycles. The summed E-state index contributed by atoms with van der Waals surface area (Å²) in [6.07, 6.45) is 5.84. The molecule has 2 rings (SSSR count). The minimum absolute atomic E-state index is 0.0973. The molecule has 20 heavy (non-hydrogen) atoms. The van der Waals surface area contributed by atoms with Gasteiger partial charge in [-0.05, 0) is 25.2 Å². The van der Waals surface area contributed by atoms with Gasteiger partial charge in [0, 0.05) is 25.0 Å². The first kappa shape index (κ1) is 15.3. The molecule has 0 atom stereocenters. The van der Waals surface area contributed by atoms with E-state index in [0.717, 1.165) is 44.0 Å². The third-order valence-electron chi connectivity index (χ3n) is 3.61.